The first-order valence-corrected chi connectivity index (χ1v) is 11.3. The summed E-state index contributed by atoms with van der Waals surface area (Å²) >= 11 is 2.82. The van der Waals surface area contributed by atoms with Gasteiger partial charge in [-0.1, -0.05) is 48.2 Å². The largest absolute Gasteiger partial charge is 0.319 e. The Morgan fingerprint density at radius 2 is 1.94 bits per heavy atom. The van der Waals surface area contributed by atoms with Crippen LogP contribution in [0, 0.1) is 24.0 Å². The number of amides is 1. The van der Waals surface area contributed by atoms with Crippen molar-refractivity contribution in [2.45, 2.75) is 18.9 Å². The fourth-order valence-electron chi connectivity index (χ4n) is 3.21. The number of hydrogen-bond donors (Lipinski definition) is 1. The minimum atomic E-state index is -0.485. The van der Waals surface area contributed by atoms with Crippen LogP contribution in [0.2, 0.25) is 0 Å². The van der Waals surface area contributed by atoms with Crippen LogP contribution in [0.15, 0.2) is 59.2 Å². The molecule has 4 aromatic rings. The summed E-state index contributed by atoms with van der Waals surface area (Å²) < 4.78 is 0. The number of carbonyl (C=O) groups excluding carboxylic acids is 1. The van der Waals surface area contributed by atoms with E-state index in [1.165, 1.54) is 35.5 Å². The summed E-state index contributed by atoms with van der Waals surface area (Å²) in [6.07, 6.45) is 1.49. The van der Waals surface area contributed by atoms with Crippen molar-refractivity contribution in [2.75, 3.05) is 11.1 Å². The van der Waals surface area contributed by atoms with Crippen molar-refractivity contribution in [3.63, 3.8) is 0 Å². The summed E-state index contributed by atoms with van der Waals surface area (Å²) in [5, 5.41) is 17.7. The third-order valence-corrected chi connectivity index (χ3v) is 6.81. The number of nitrogens with zero attached hydrogens (tertiary/aromatic N) is 3. The molecule has 0 saturated carbocycles. The highest BCUT2D eigenvalue weighted by atomic mass is 32.2. The number of hydrogen-bond acceptors (Lipinski definition) is 7. The van der Waals surface area contributed by atoms with E-state index in [1.54, 1.807) is 13.0 Å². The van der Waals surface area contributed by atoms with Crippen molar-refractivity contribution in [3.8, 4) is 11.1 Å². The Morgan fingerprint density at radius 1 is 1.16 bits per heavy atom. The number of anilines is 1. The summed E-state index contributed by atoms with van der Waals surface area (Å²) in [4.78, 5) is 33.1. The molecule has 0 fully saturated rings. The SMILES string of the molecule is Cc1ccc([N+](=O)[O-])c(NC(=O)CSc2ncnc3scc(-c4ccccc4)c23)c1C. The predicted octanol–water partition coefficient (Wildman–Crippen LogP) is 5.61. The molecule has 0 unspecified atom stereocenters. The lowest BCUT2D eigenvalue weighted by Gasteiger charge is -2.11. The first kappa shape index (κ1) is 21.0. The molecular weight excluding hydrogens is 432 g/mol. The molecule has 1 N–H and O–H groups in total. The van der Waals surface area contributed by atoms with Gasteiger partial charge in [0.15, 0.2) is 0 Å². The van der Waals surface area contributed by atoms with E-state index in [0.29, 0.717) is 10.6 Å². The quantitative estimate of drug-likeness (QED) is 0.177. The van der Waals surface area contributed by atoms with Gasteiger partial charge in [-0.05, 0) is 30.5 Å². The van der Waals surface area contributed by atoms with Crippen LogP contribution in [0.1, 0.15) is 11.1 Å². The lowest BCUT2D eigenvalue weighted by atomic mass is 10.1. The number of nitrogens with one attached hydrogen (secondary N) is 1. The average Bonchev–Trinajstić information content (AvgIpc) is 3.21. The van der Waals surface area contributed by atoms with Gasteiger partial charge in [-0.2, -0.15) is 0 Å². The number of carbonyl (C=O) groups is 1. The summed E-state index contributed by atoms with van der Waals surface area (Å²) in [7, 11) is 0. The summed E-state index contributed by atoms with van der Waals surface area (Å²) in [5.41, 5.74) is 3.76. The van der Waals surface area contributed by atoms with Gasteiger partial charge in [0.05, 0.1) is 16.1 Å². The molecule has 0 aliphatic carbocycles. The standard InChI is InChI=1S/C22H18N4O3S2/c1-13-8-9-17(26(28)29)20(14(13)2)25-18(27)11-31-22-19-16(15-6-4-3-5-7-15)10-30-21(19)23-12-24-22/h3-10,12H,11H2,1-2H3,(H,25,27). The number of aryl methyl sites for hydroxylation is 1. The lowest BCUT2D eigenvalue weighted by molar-refractivity contribution is -0.384. The van der Waals surface area contributed by atoms with Crippen molar-refractivity contribution >= 4 is 50.6 Å². The van der Waals surface area contributed by atoms with E-state index in [0.717, 1.165) is 26.9 Å². The smallest absolute Gasteiger partial charge is 0.293 e. The maximum absolute atomic E-state index is 12.7. The molecule has 9 heteroatoms. The van der Waals surface area contributed by atoms with Crippen LogP contribution in [0.5, 0.6) is 0 Å². The van der Waals surface area contributed by atoms with Crippen LogP contribution in [0.25, 0.3) is 21.3 Å². The van der Waals surface area contributed by atoms with Crippen molar-refractivity contribution in [1.29, 1.82) is 0 Å². The van der Waals surface area contributed by atoms with E-state index < -0.39 is 4.92 Å². The first-order valence-electron chi connectivity index (χ1n) is 9.40. The number of aromatic nitrogens is 2. The Hall–Kier alpha value is -3.30. The molecule has 7 nitrogen and oxygen atoms in total. The molecule has 31 heavy (non-hydrogen) atoms. The van der Waals surface area contributed by atoms with Crippen LogP contribution < -0.4 is 5.32 Å². The second kappa shape index (κ2) is 8.83. The Bertz CT molecular complexity index is 1290. The molecule has 2 aromatic carbocycles. The van der Waals surface area contributed by atoms with Gasteiger partial charge >= 0.3 is 0 Å². The Kier molecular flexibility index (Phi) is 5.97. The van der Waals surface area contributed by atoms with Gasteiger partial charge in [0.25, 0.3) is 5.69 Å². The van der Waals surface area contributed by atoms with Crippen molar-refractivity contribution in [1.82, 2.24) is 9.97 Å². The monoisotopic (exact) mass is 450 g/mol. The fourth-order valence-corrected chi connectivity index (χ4v) is 5.00. The average molecular weight is 451 g/mol. The van der Waals surface area contributed by atoms with Gasteiger partial charge in [-0.15, -0.1) is 11.3 Å². The van der Waals surface area contributed by atoms with E-state index in [4.69, 9.17) is 0 Å². The van der Waals surface area contributed by atoms with Crippen molar-refractivity contribution in [2.24, 2.45) is 0 Å². The summed E-state index contributed by atoms with van der Waals surface area (Å²) in [5.74, 6) is -0.258. The molecule has 1 amide bonds. The molecule has 156 valence electrons. The first-order chi connectivity index (χ1) is 15.0. The minimum absolute atomic E-state index is 0.0702. The Balaban J connectivity index is 1.58. The van der Waals surface area contributed by atoms with E-state index in [9.17, 15) is 14.9 Å². The molecule has 0 aliphatic rings. The molecular formula is C22H18N4O3S2. The number of thiophene rings is 1. The maximum Gasteiger partial charge on any atom is 0.293 e. The Morgan fingerprint density at radius 3 is 2.68 bits per heavy atom. The lowest BCUT2D eigenvalue weighted by Crippen LogP contribution is -2.16. The second-order valence-corrected chi connectivity index (χ2v) is 8.69. The molecule has 0 spiro atoms. The number of fused-ring (bicyclic) bond motifs is 1. The number of nitro groups is 1. The maximum atomic E-state index is 12.7. The van der Waals surface area contributed by atoms with Crippen LogP contribution in [0.4, 0.5) is 11.4 Å². The van der Waals surface area contributed by atoms with E-state index in [-0.39, 0.29) is 23.0 Å². The third-order valence-electron chi connectivity index (χ3n) is 4.94. The zero-order chi connectivity index (χ0) is 22.0. The van der Waals surface area contributed by atoms with E-state index in [1.807, 2.05) is 42.6 Å². The molecule has 0 bridgehead atoms. The zero-order valence-corrected chi connectivity index (χ0v) is 18.4. The normalized spacial score (nSPS) is 10.9. The van der Waals surface area contributed by atoms with Crippen LogP contribution in [-0.4, -0.2) is 26.6 Å². The molecule has 4 rings (SSSR count). The number of nitro benzene ring substituents is 1. The van der Waals surface area contributed by atoms with Crippen LogP contribution in [-0.2, 0) is 4.79 Å². The molecule has 0 atom stereocenters. The van der Waals surface area contributed by atoms with E-state index >= 15 is 0 Å². The highest BCUT2D eigenvalue weighted by Crippen LogP contribution is 2.38. The summed E-state index contributed by atoms with van der Waals surface area (Å²) in [6.45, 7) is 3.61. The van der Waals surface area contributed by atoms with Gasteiger partial charge in [0.1, 0.15) is 21.9 Å². The van der Waals surface area contributed by atoms with Crippen LogP contribution in [0.3, 0.4) is 0 Å². The van der Waals surface area contributed by atoms with Gasteiger partial charge in [-0.25, -0.2) is 9.97 Å². The van der Waals surface area contributed by atoms with Gasteiger partial charge in [-0.3, -0.25) is 14.9 Å². The summed E-state index contributed by atoms with van der Waals surface area (Å²) in [6, 6.07) is 13.0. The van der Waals surface area contributed by atoms with Gasteiger partial charge in [0, 0.05) is 17.0 Å². The molecule has 2 heterocycles. The Labute approximate surface area is 186 Å². The number of thioether (sulfide) groups is 1. The highest BCUT2D eigenvalue weighted by molar-refractivity contribution is 8.00. The number of rotatable bonds is 6. The zero-order valence-electron chi connectivity index (χ0n) is 16.8. The molecule has 0 aliphatic heterocycles. The minimum Gasteiger partial charge on any atom is -0.319 e. The second-order valence-electron chi connectivity index (χ2n) is 6.87. The van der Waals surface area contributed by atoms with Gasteiger partial charge < -0.3 is 5.32 Å². The van der Waals surface area contributed by atoms with Crippen molar-refractivity contribution in [3.05, 3.63) is 75.4 Å². The molecule has 0 saturated heterocycles. The molecule has 0 radical (unpaired) electrons. The third kappa shape index (κ3) is 4.28. The molecule has 2 aromatic heterocycles. The van der Waals surface area contributed by atoms with Crippen LogP contribution >= 0.6 is 23.1 Å². The highest BCUT2D eigenvalue weighted by Gasteiger charge is 2.20. The number of benzene rings is 2. The topological polar surface area (TPSA) is 98.0 Å². The van der Waals surface area contributed by atoms with Crippen molar-refractivity contribution < 1.29 is 9.72 Å². The van der Waals surface area contributed by atoms with E-state index in [2.05, 4.69) is 15.3 Å². The predicted molar refractivity (Wildman–Crippen MR) is 125 cm³/mol. The fraction of sp³-hybridized carbons (Fsp3) is 0.136. The van der Waals surface area contributed by atoms with Gasteiger partial charge in [0.2, 0.25) is 5.91 Å².